The van der Waals surface area contributed by atoms with Gasteiger partial charge < -0.3 is 9.42 Å². The van der Waals surface area contributed by atoms with Crippen LogP contribution in [0.4, 0.5) is 5.82 Å². The molecule has 0 bridgehead atoms. The summed E-state index contributed by atoms with van der Waals surface area (Å²) >= 11 is 0. The largest absolute Gasteiger partial charge is 0.360 e. The number of carbonyl (C=O) groups is 2. The number of rotatable bonds is 1. The van der Waals surface area contributed by atoms with E-state index in [-0.39, 0.29) is 5.82 Å². The fraction of sp³-hybridized carbons (Fsp3) is 0.615. The van der Waals surface area contributed by atoms with Gasteiger partial charge in [0.2, 0.25) is 0 Å². The monoisotopic (exact) mass is 265 g/mol. The number of anilines is 1. The van der Waals surface area contributed by atoms with E-state index in [9.17, 15) is 9.59 Å². The summed E-state index contributed by atoms with van der Waals surface area (Å²) in [5, 5.41) is 6.09. The highest BCUT2D eigenvalue weighted by molar-refractivity contribution is 6.39. The molecule has 1 fully saturated rings. The lowest BCUT2D eigenvalue weighted by Crippen LogP contribution is -2.40. The average molecular weight is 265 g/mol. The van der Waals surface area contributed by atoms with E-state index in [4.69, 9.17) is 4.52 Å². The Morgan fingerprint density at radius 3 is 2.89 bits per heavy atom. The van der Waals surface area contributed by atoms with E-state index in [1.165, 1.54) is 0 Å². The van der Waals surface area contributed by atoms with E-state index < -0.39 is 11.8 Å². The second-order valence-corrected chi connectivity index (χ2v) is 5.11. The van der Waals surface area contributed by atoms with Crippen molar-refractivity contribution in [2.75, 3.05) is 18.4 Å². The molecule has 0 aliphatic carbocycles. The number of likely N-dealkylation sites (tertiary alicyclic amines) is 1. The molecular formula is C13H19N3O3. The molecule has 6 heteroatoms. The maximum absolute atomic E-state index is 12.0. The van der Waals surface area contributed by atoms with Gasteiger partial charge in [-0.2, -0.15) is 0 Å². The number of amides is 2. The van der Waals surface area contributed by atoms with Crippen LogP contribution in [-0.4, -0.2) is 35.0 Å². The molecule has 1 aliphatic rings. The molecule has 0 unspecified atom stereocenters. The normalized spacial score (nSPS) is 19.9. The van der Waals surface area contributed by atoms with Crippen LogP contribution in [0.5, 0.6) is 0 Å². The summed E-state index contributed by atoms with van der Waals surface area (Å²) in [5.41, 5.74) is 0. The van der Waals surface area contributed by atoms with Gasteiger partial charge in [0.1, 0.15) is 5.76 Å². The second kappa shape index (κ2) is 5.86. The van der Waals surface area contributed by atoms with E-state index >= 15 is 0 Å². The topological polar surface area (TPSA) is 75.4 Å². The highest BCUT2D eigenvalue weighted by Gasteiger charge is 2.24. The van der Waals surface area contributed by atoms with Gasteiger partial charge in [0.25, 0.3) is 0 Å². The van der Waals surface area contributed by atoms with Gasteiger partial charge in [-0.05, 0) is 32.1 Å². The molecule has 0 aromatic carbocycles. The molecule has 2 amide bonds. The first kappa shape index (κ1) is 13.6. The second-order valence-electron chi connectivity index (χ2n) is 5.11. The summed E-state index contributed by atoms with van der Waals surface area (Å²) in [6, 6.07) is 1.58. The standard InChI is InChI=1S/C13H19N3O3/c1-9-4-3-6-16(7-5-9)13(18)12(17)14-11-8-10(2)19-15-11/h8-9H,3-7H2,1-2H3,(H,14,15,17)/t9-/m0/s1. The first-order valence-corrected chi connectivity index (χ1v) is 6.60. The minimum absolute atomic E-state index is 0.277. The first-order valence-electron chi connectivity index (χ1n) is 6.60. The highest BCUT2D eigenvalue weighted by atomic mass is 16.5. The molecular weight excluding hydrogens is 246 g/mol. The average Bonchev–Trinajstić information content (AvgIpc) is 2.65. The molecule has 0 saturated carbocycles. The molecule has 104 valence electrons. The number of aromatic nitrogens is 1. The molecule has 0 radical (unpaired) electrons. The van der Waals surface area contributed by atoms with Crippen molar-refractivity contribution in [1.29, 1.82) is 0 Å². The Morgan fingerprint density at radius 2 is 2.21 bits per heavy atom. The Hall–Kier alpha value is -1.85. The van der Waals surface area contributed by atoms with Gasteiger partial charge in [0, 0.05) is 19.2 Å². The van der Waals surface area contributed by atoms with E-state index in [0.29, 0.717) is 24.8 Å². The maximum atomic E-state index is 12.0. The lowest BCUT2D eigenvalue weighted by atomic mass is 10.0. The van der Waals surface area contributed by atoms with Gasteiger partial charge in [0.05, 0.1) is 0 Å². The van der Waals surface area contributed by atoms with Crippen molar-refractivity contribution < 1.29 is 14.1 Å². The van der Waals surface area contributed by atoms with Crippen molar-refractivity contribution in [3.8, 4) is 0 Å². The number of carbonyl (C=O) groups excluding carboxylic acids is 2. The Kier molecular flexibility index (Phi) is 4.19. The molecule has 6 nitrogen and oxygen atoms in total. The van der Waals surface area contributed by atoms with Crippen LogP contribution in [0.1, 0.15) is 31.9 Å². The third-order valence-corrected chi connectivity index (χ3v) is 3.37. The molecule has 0 spiro atoms. The summed E-state index contributed by atoms with van der Waals surface area (Å²) in [6.07, 6.45) is 3.00. The van der Waals surface area contributed by atoms with Crippen LogP contribution in [-0.2, 0) is 9.59 Å². The van der Waals surface area contributed by atoms with Crippen LogP contribution >= 0.6 is 0 Å². The smallest absolute Gasteiger partial charge is 0.315 e. The Labute approximate surface area is 112 Å². The molecule has 1 N–H and O–H groups in total. The SMILES string of the molecule is Cc1cc(NC(=O)C(=O)N2CCC[C@H](C)CC2)no1. The molecule has 19 heavy (non-hydrogen) atoms. The number of aryl methyl sites for hydroxylation is 1. The Morgan fingerprint density at radius 1 is 1.42 bits per heavy atom. The van der Waals surface area contributed by atoms with Crippen LogP contribution in [0.2, 0.25) is 0 Å². The quantitative estimate of drug-likeness (QED) is 0.782. The van der Waals surface area contributed by atoms with Crippen molar-refractivity contribution in [2.45, 2.75) is 33.1 Å². The summed E-state index contributed by atoms with van der Waals surface area (Å²) < 4.78 is 4.84. The number of nitrogens with zero attached hydrogens (tertiary/aromatic N) is 2. The van der Waals surface area contributed by atoms with Gasteiger partial charge >= 0.3 is 11.8 Å². The van der Waals surface area contributed by atoms with Gasteiger partial charge in [-0.3, -0.25) is 14.9 Å². The van der Waals surface area contributed by atoms with Crippen LogP contribution in [0.25, 0.3) is 0 Å². The zero-order valence-electron chi connectivity index (χ0n) is 11.3. The third-order valence-electron chi connectivity index (χ3n) is 3.37. The van der Waals surface area contributed by atoms with E-state index in [1.807, 2.05) is 0 Å². The highest BCUT2D eigenvalue weighted by Crippen LogP contribution is 2.16. The Balaban J connectivity index is 1.93. The van der Waals surface area contributed by atoms with E-state index in [0.717, 1.165) is 19.3 Å². The van der Waals surface area contributed by atoms with Gasteiger partial charge in [-0.15, -0.1) is 0 Å². The predicted molar refractivity (Wildman–Crippen MR) is 69.5 cm³/mol. The molecule has 2 heterocycles. The van der Waals surface area contributed by atoms with Gasteiger partial charge in [-0.25, -0.2) is 0 Å². The lowest BCUT2D eigenvalue weighted by Gasteiger charge is -2.19. The molecule has 1 aromatic heterocycles. The van der Waals surface area contributed by atoms with Crippen LogP contribution in [0.15, 0.2) is 10.6 Å². The lowest BCUT2D eigenvalue weighted by molar-refractivity contribution is -0.143. The zero-order valence-corrected chi connectivity index (χ0v) is 11.3. The summed E-state index contributed by atoms with van der Waals surface area (Å²) in [7, 11) is 0. The molecule has 2 rings (SSSR count). The van der Waals surface area contributed by atoms with Crippen LogP contribution in [0, 0.1) is 12.8 Å². The fourth-order valence-corrected chi connectivity index (χ4v) is 2.20. The molecule has 1 saturated heterocycles. The number of hydrogen-bond acceptors (Lipinski definition) is 4. The predicted octanol–water partition coefficient (Wildman–Crippen LogP) is 1.57. The third kappa shape index (κ3) is 3.56. The van der Waals surface area contributed by atoms with Crippen molar-refractivity contribution in [3.63, 3.8) is 0 Å². The molecule has 1 atom stereocenters. The van der Waals surface area contributed by atoms with Crippen molar-refractivity contribution in [1.82, 2.24) is 10.1 Å². The number of hydrogen-bond donors (Lipinski definition) is 1. The fourth-order valence-electron chi connectivity index (χ4n) is 2.20. The molecule has 1 aromatic rings. The first-order chi connectivity index (χ1) is 9.06. The minimum Gasteiger partial charge on any atom is -0.360 e. The van der Waals surface area contributed by atoms with Crippen molar-refractivity contribution >= 4 is 17.6 Å². The Bertz CT molecular complexity index is 469. The van der Waals surface area contributed by atoms with Crippen molar-refractivity contribution in [2.24, 2.45) is 5.92 Å². The van der Waals surface area contributed by atoms with Gasteiger partial charge in [0.15, 0.2) is 5.82 Å². The number of nitrogens with one attached hydrogen (secondary N) is 1. The maximum Gasteiger partial charge on any atom is 0.315 e. The van der Waals surface area contributed by atoms with Gasteiger partial charge in [-0.1, -0.05) is 12.1 Å². The summed E-state index contributed by atoms with van der Waals surface area (Å²) in [4.78, 5) is 25.5. The van der Waals surface area contributed by atoms with E-state index in [2.05, 4.69) is 17.4 Å². The minimum atomic E-state index is -0.650. The van der Waals surface area contributed by atoms with Crippen LogP contribution < -0.4 is 5.32 Å². The van der Waals surface area contributed by atoms with Crippen molar-refractivity contribution in [3.05, 3.63) is 11.8 Å². The van der Waals surface area contributed by atoms with E-state index in [1.54, 1.807) is 17.9 Å². The summed E-state index contributed by atoms with van der Waals surface area (Å²) in [6.45, 7) is 5.19. The molecule has 1 aliphatic heterocycles. The zero-order chi connectivity index (χ0) is 13.8. The summed E-state index contributed by atoms with van der Waals surface area (Å²) in [5.74, 6) is 0.335. The van der Waals surface area contributed by atoms with Crippen LogP contribution in [0.3, 0.4) is 0 Å².